The maximum atomic E-state index is 3.65. The average Bonchev–Trinajstić information content (AvgIpc) is 1.68. The Balaban J connectivity index is 3.58. The molecular formula is C5H8N2. The van der Waals surface area contributed by atoms with E-state index in [1.165, 1.54) is 0 Å². The highest BCUT2D eigenvalue weighted by molar-refractivity contribution is 5.77. The smallest absolute Gasteiger partial charge is 0.0728 e. The molecule has 0 aliphatic heterocycles. The van der Waals surface area contributed by atoms with Crippen molar-refractivity contribution in [3.63, 3.8) is 0 Å². The predicted molar refractivity (Wildman–Crippen MR) is 33.1 cm³/mol. The molecule has 0 amide bonds. The number of rotatable bonds is 2. The molecule has 7 heavy (non-hydrogen) atoms. The summed E-state index contributed by atoms with van der Waals surface area (Å²) in [5, 5.41) is 0. The van der Waals surface area contributed by atoms with Crippen LogP contribution in [-0.2, 0) is 0 Å². The van der Waals surface area contributed by atoms with Gasteiger partial charge in [-0.1, -0.05) is 6.58 Å². The Hall–Kier alpha value is -0.920. The molecule has 0 aliphatic carbocycles. The molecule has 0 aliphatic rings. The maximum Gasteiger partial charge on any atom is 0.0728 e. The van der Waals surface area contributed by atoms with Crippen molar-refractivity contribution in [2.24, 2.45) is 9.98 Å². The van der Waals surface area contributed by atoms with Crippen LogP contribution >= 0.6 is 0 Å². The molecule has 0 atom stereocenters. The Kier molecular flexibility index (Phi) is 2.85. The van der Waals surface area contributed by atoms with Crippen LogP contribution in [0.2, 0.25) is 0 Å². The van der Waals surface area contributed by atoms with E-state index in [-0.39, 0.29) is 0 Å². The zero-order valence-electron chi connectivity index (χ0n) is 4.39. The Labute approximate surface area is 43.3 Å². The highest BCUT2D eigenvalue weighted by atomic mass is 14.7. The van der Waals surface area contributed by atoms with Gasteiger partial charge in [-0.25, -0.2) is 0 Å². The summed E-state index contributed by atoms with van der Waals surface area (Å²) in [7, 11) is 1.66. The van der Waals surface area contributed by atoms with Gasteiger partial charge in [0.05, 0.1) is 5.70 Å². The van der Waals surface area contributed by atoms with E-state index in [0.29, 0.717) is 5.70 Å². The fraction of sp³-hybridized carbons (Fsp3) is 0.200. The molecule has 0 bridgehead atoms. The van der Waals surface area contributed by atoms with Gasteiger partial charge < -0.3 is 0 Å². The van der Waals surface area contributed by atoms with E-state index >= 15 is 0 Å². The van der Waals surface area contributed by atoms with Gasteiger partial charge in [-0.05, 0) is 6.72 Å². The van der Waals surface area contributed by atoms with Crippen LogP contribution in [0.1, 0.15) is 0 Å². The summed E-state index contributed by atoms with van der Waals surface area (Å²) >= 11 is 0. The summed E-state index contributed by atoms with van der Waals surface area (Å²) in [6.07, 6.45) is 1.55. The van der Waals surface area contributed by atoms with Crippen molar-refractivity contribution in [1.29, 1.82) is 0 Å². The minimum absolute atomic E-state index is 0.600. The van der Waals surface area contributed by atoms with Gasteiger partial charge in [0, 0.05) is 13.3 Å². The number of aliphatic imine (C=N–C) groups is 2. The normalized spacial score (nSPS) is 9.29. The van der Waals surface area contributed by atoms with Crippen molar-refractivity contribution in [2.75, 3.05) is 7.05 Å². The van der Waals surface area contributed by atoms with Crippen molar-refractivity contribution in [2.45, 2.75) is 0 Å². The minimum atomic E-state index is 0.600. The zero-order chi connectivity index (χ0) is 5.70. The molecule has 0 saturated carbocycles. The summed E-state index contributed by atoms with van der Waals surface area (Å²) in [6.45, 7) is 6.72. The third kappa shape index (κ3) is 2.89. The second-order valence-electron chi connectivity index (χ2n) is 1.04. The highest BCUT2D eigenvalue weighted by Crippen LogP contribution is 1.80. The first-order valence-corrected chi connectivity index (χ1v) is 1.89. The first-order chi connectivity index (χ1) is 3.31. The summed E-state index contributed by atoms with van der Waals surface area (Å²) < 4.78 is 0. The van der Waals surface area contributed by atoms with Gasteiger partial charge in [-0.3, -0.25) is 9.98 Å². The van der Waals surface area contributed by atoms with Gasteiger partial charge in [0.2, 0.25) is 0 Å². The van der Waals surface area contributed by atoms with E-state index < -0.39 is 0 Å². The molecule has 0 aromatic carbocycles. The molecule has 0 radical (unpaired) electrons. The van der Waals surface area contributed by atoms with Crippen LogP contribution in [-0.4, -0.2) is 20.0 Å². The van der Waals surface area contributed by atoms with Gasteiger partial charge in [0.15, 0.2) is 0 Å². The zero-order valence-corrected chi connectivity index (χ0v) is 4.39. The maximum absolute atomic E-state index is 3.65. The van der Waals surface area contributed by atoms with Gasteiger partial charge >= 0.3 is 0 Å². The van der Waals surface area contributed by atoms with E-state index in [1.807, 2.05) is 0 Å². The van der Waals surface area contributed by atoms with Crippen molar-refractivity contribution in [3.05, 3.63) is 12.3 Å². The molecule has 0 rings (SSSR count). The number of allylic oxidation sites excluding steroid dienone is 1. The standard InChI is InChI=1S/C5H8N2/c1-5(7-3)4-6-2/h4H,1,3H2,2H3. The van der Waals surface area contributed by atoms with Crippen molar-refractivity contribution >= 4 is 12.9 Å². The fourth-order valence-corrected chi connectivity index (χ4v) is 0.190. The first-order valence-electron chi connectivity index (χ1n) is 1.89. The number of hydrogen-bond acceptors (Lipinski definition) is 2. The molecule has 0 N–H and O–H groups in total. The van der Waals surface area contributed by atoms with Gasteiger partial charge in [-0.15, -0.1) is 0 Å². The molecule has 2 heteroatoms. The first kappa shape index (κ1) is 6.08. The summed E-state index contributed by atoms with van der Waals surface area (Å²) in [4.78, 5) is 7.13. The lowest BCUT2D eigenvalue weighted by molar-refractivity contribution is 1.43. The van der Waals surface area contributed by atoms with Crippen molar-refractivity contribution in [1.82, 2.24) is 0 Å². The minimum Gasteiger partial charge on any atom is -0.294 e. The van der Waals surface area contributed by atoms with E-state index in [4.69, 9.17) is 0 Å². The van der Waals surface area contributed by atoms with Gasteiger partial charge in [0.25, 0.3) is 0 Å². The average molecular weight is 96.1 g/mol. The van der Waals surface area contributed by atoms with Crippen LogP contribution in [0, 0.1) is 0 Å². The molecule has 0 saturated heterocycles. The van der Waals surface area contributed by atoms with Gasteiger partial charge in [0.1, 0.15) is 0 Å². The van der Waals surface area contributed by atoms with Gasteiger partial charge in [-0.2, -0.15) is 0 Å². The SMILES string of the molecule is C=NC(=C)C=NC. The summed E-state index contributed by atoms with van der Waals surface area (Å²) in [5.74, 6) is 0. The lowest BCUT2D eigenvalue weighted by atomic mass is 10.6. The van der Waals surface area contributed by atoms with Crippen LogP contribution < -0.4 is 0 Å². The van der Waals surface area contributed by atoms with Crippen LogP contribution in [0.15, 0.2) is 22.3 Å². The molecular weight excluding hydrogens is 88.1 g/mol. The molecule has 0 heterocycles. The third-order valence-corrected chi connectivity index (χ3v) is 0.481. The molecule has 38 valence electrons. The van der Waals surface area contributed by atoms with Crippen LogP contribution in [0.5, 0.6) is 0 Å². The number of hydrogen-bond donors (Lipinski definition) is 0. The predicted octanol–water partition coefficient (Wildman–Crippen LogP) is 0.901. The second kappa shape index (κ2) is 3.28. The topological polar surface area (TPSA) is 24.7 Å². The quantitative estimate of drug-likeness (QED) is 0.456. The highest BCUT2D eigenvalue weighted by Gasteiger charge is 1.71. The summed E-state index contributed by atoms with van der Waals surface area (Å²) in [6, 6.07) is 0. The monoisotopic (exact) mass is 96.1 g/mol. The third-order valence-electron chi connectivity index (χ3n) is 0.481. The van der Waals surface area contributed by atoms with E-state index in [0.717, 1.165) is 0 Å². The van der Waals surface area contributed by atoms with E-state index in [9.17, 15) is 0 Å². The molecule has 0 unspecified atom stereocenters. The lowest BCUT2D eigenvalue weighted by Gasteiger charge is -1.79. The Morgan fingerprint density at radius 2 is 2.29 bits per heavy atom. The molecule has 0 spiro atoms. The fourth-order valence-electron chi connectivity index (χ4n) is 0.190. The van der Waals surface area contributed by atoms with Crippen LogP contribution in [0.4, 0.5) is 0 Å². The largest absolute Gasteiger partial charge is 0.294 e. The number of nitrogens with zero attached hydrogens (tertiary/aromatic N) is 2. The van der Waals surface area contributed by atoms with E-state index in [1.54, 1.807) is 13.3 Å². The summed E-state index contributed by atoms with van der Waals surface area (Å²) in [5.41, 5.74) is 0.600. The van der Waals surface area contributed by atoms with Crippen molar-refractivity contribution < 1.29 is 0 Å². The van der Waals surface area contributed by atoms with Crippen molar-refractivity contribution in [3.8, 4) is 0 Å². The molecule has 2 nitrogen and oxygen atoms in total. The molecule has 0 fully saturated rings. The lowest BCUT2D eigenvalue weighted by Crippen LogP contribution is -1.72. The van der Waals surface area contributed by atoms with Crippen LogP contribution in [0.3, 0.4) is 0 Å². The Morgan fingerprint density at radius 1 is 1.71 bits per heavy atom. The molecule has 0 aromatic rings. The Morgan fingerprint density at radius 3 is 2.43 bits per heavy atom. The Bertz CT molecular complexity index is 103. The second-order valence-corrected chi connectivity index (χ2v) is 1.04. The van der Waals surface area contributed by atoms with E-state index in [2.05, 4.69) is 23.3 Å². The van der Waals surface area contributed by atoms with Crippen LogP contribution in [0.25, 0.3) is 0 Å². The molecule has 0 aromatic heterocycles.